The Hall–Kier alpha value is -4.96. The van der Waals surface area contributed by atoms with Crippen LogP contribution in [-0.4, -0.2) is 107 Å². The minimum Gasteiger partial charge on any atom is -0.388 e. The van der Waals surface area contributed by atoms with Gasteiger partial charge in [0.05, 0.1) is 19.2 Å². The number of imide groups is 1. The Bertz CT molecular complexity index is 1160. The number of primary amides is 1. The molecule has 0 saturated carbocycles. The number of hydrogen-bond donors (Lipinski definition) is 6. The minimum atomic E-state index is -0.457. The van der Waals surface area contributed by atoms with Crippen LogP contribution < -0.4 is 32.3 Å². The number of ether oxygens (including phenoxy) is 1. The molecule has 2 rings (SSSR count). The van der Waals surface area contributed by atoms with E-state index in [9.17, 15) is 33.6 Å². The van der Waals surface area contributed by atoms with Crippen LogP contribution in [0, 0.1) is 5.92 Å². The smallest absolute Gasteiger partial charge is 0.312 e. The third-order valence-electron chi connectivity index (χ3n) is 6.25. The normalized spacial score (nSPS) is 10.8. The summed E-state index contributed by atoms with van der Waals surface area (Å²) in [7, 11) is 5.34. The third-order valence-corrected chi connectivity index (χ3v) is 6.25. The van der Waals surface area contributed by atoms with Crippen molar-refractivity contribution in [3.05, 3.63) is 42.0 Å². The molecule has 1 atom stereocenters. The molecule has 1 aliphatic heterocycles. The summed E-state index contributed by atoms with van der Waals surface area (Å²) in [6, 6.07) is 7.51. The molecule has 0 bridgehead atoms. The molecule has 0 fully saturated rings. The van der Waals surface area contributed by atoms with Crippen molar-refractivity contribution in [1.29, 1.82) is 0 Å². The zero-order valence-electron chi connectivity index (χ0n) is 35.1. The number of carbonyl (C=O) groups excluding carboxylic acids is 8. The van der Waals surface area contributed by atoms with Gasteiger partial charge in [0, 0.05) is 51.5 Å². The summed E-state index contributed by atoms with van der Waals surface area (Å²) in [5.41, 5.74) is 7.06. The second kappa shape index (κ2) is 45.2. The first-order chi connectivity index (χ1) is 26.3. The van der Waals surface area contributed by atoms with Gasteiger partial charge < -0.3 is 51.4 Å². The molecule has 1 heterocycles. The van der Waals surface area contributed by atoms with E-state index in [-0.39, 0.29) is 36.9 Å². The van der Waals surface area contributed by atoms with Gasteiger partial charge in [0.15, 0.2) is 0 Å². The molecule has 0 spiro atoms. The van der Waals surface area contributed by atoms with Gasteiger partial charge in [0.2, 0.25) is 11.8 Å². The lowest BCUT2D eigenvalue weighted by molar-refractivity contribution is -0.141. The predicted octanol–water partition coefficient (Wildman–Crippen LogP) is 3.53. The first-order valence-electron chi connectivity index (χ1n) is 18.6. The lowest BCUT2D eigenvalue weighted by Crippen LogP contribution is -2.46. The van der Waals surface area contributed by atoms with Crippen molar-refractivity contribution >= 4 is 54.2 Å². The Morgan fingerprint density at radius 1 is 0.836 bits per heavy atom. The zero-order valence-corrected chi connectivity index (χ0v) is 35.1. The van der Waals surface area contributed by atoms with Crippen LogP contribution in [0.2, 0.25) is 0 Å². The Labute approximate surface area is 329 Å². The quantitative estimate of drug-likeness (QED) is 0.0716. The number of carbonyl (C=O) groups is 8. The topological polar surface area (TPSA) is 235 Å². The fourth-order valence-electron chi connectivity index (χ4n) is 3.75. The van der Waals surface area contributed by atoms with E-state index in [0.29, 0.717) is 32.4 Å². The first-order valence-corrected chi connectivity index (χ1v) is 18.6. The molecule has 1 aromatic carbocycles. The van der Waals surface area contributed by atoms with Gasteiger partial charge in [-0.15, -0.1) is 0 Å². The second-order valence-electron chi connectivity index (χ2n) is 10.8. The fourth-order valence-corrected chi connectivity index (χ4v) is 3.75. The molecule has 1 unspecified atom stereocenters. The number of nitrogens with zero attached hydrogens (tertiary/aromatic N) is 1. The maximum atomic E-state index is 11.4. The van der Waals surface area contributed by atoms with E-state index in [2.05, 4.69) is 38.7 Å². The average Bonchev–Trinajstić information content (AvgIpc) is 3.49. The Balaban J connectivity index is -0.000000199. The summed E-state index contributed by atoms with van der Waals surface area (Å²) in [6.07, 6.45) is 8.51. The molecular weight excluding hydrogens is 710 g/mol. The van der Waals surface area contributed by atoms with Crippen molar-refractivity contribution in [2.45, 2.75) is 100 Å². The number of likely N-dealkylation sites (N-methyl/N-ethyl adjacent to an activating group) is 1. The maximum Gasteiger partial charge on any atom is 0.312 e. The standard InChI is InChI=1S/C12H16N2O4.C9H13NO.C8H16N2O2.C4H10N2O.C2H4O.2C2H6/c15-8-4-2-1-3-7-13-10(16)9-14-11(17)5-6-12(14)18;1-10-9-5-3-8(4-6-9)7-11-2;1-6(2)7(9-3)8(12)10-4-5-11;1-2-3-6-4(5)7;1-2-3;2*1-2/h5-6,8H,1-4,7,9H2,(H,13,16);3-6,10H,7H2,1-2H3;5-7,9H,4H2,1-3H3,(H,10,12);2-3H2,1H3,(H3,5,6,7);2H,1H3;2*1-2H3. The van der Waals surface area contributed by atoms with Gasteiger partial charge in [-0.1, -0.05) is 67.0 Å². The van der Waals surface area contributed by atoms with Crippen LogP contribution >= 0.6 is 0 Å². The molecule has 1 aromatic rings. The van der Waals surface area contributed by atoms with Crippen molar-refractivity contribution in [1.82, 2.24) is 26.2 Å². The van der Waals surface area contributed by atoms with E-state index in [1.165, 1.54) is 12.5 Å². The van der Waals surface area contributed by atoms with Crippen LogP contribution in [0.25, 0.3) is 0 Å². The lowest BCUT2D eigenvalue weighted by atomic mass is 10.0. The number of anilines is 1. The van der Waals surface area contributed by atoms with Crippen LogP contribution in [0.3, 0.4) is 0 Å². The Morgan fingerprint density at radius 2 is 1.38 bits per heavy atom. The molecule has 0 aliphatic carbocycles. The second-order valence-corrected chi connectivity index (χ2v) is 10.8. The van der Waals surface area contributed by atoms with Crippen LogP contribution in [0.4, 0.5) is 10.5 Å². The SMILES string of the molecule is CC.CC.CC=O.CCCNC(N)=O.CNC(C(=O)NCC=O)C(C)C.CNc1ccc(COC)cc1.O=CCCCCCNC(=O)CN1C(=O)C=CC1=O. The molecule has 55 heavy (non-hydrogen) atoms. The molecule has 1 aliphatic rings. The summed E-state index contributed by atoms with van der Waals surface area (Å²) in [4.78, 5) is 84.6. The molecule has 6 amide bonds. The van der Waals surface area contributed by atoms with Crippen LogP contribution in [0.15, 0.2) is 36.4 Å². The molecule has 16 nitrogen and oxygen atoms in total. The van der Waals surface area contributed by atoms with Crippen molar-refractivity contribution in [2.24, 2.45) is 11.7 Å². The van der Waals surface area contributed by atoms with Crippen LogP contribution in [0.5, 0.6) is 0 Å². The number of urea groups is 1. The van der Waals surface area contributed by atoms with E-state index in [1.54, 1.807) is 14.2 Å². The highest BCUT2D eigenvalue weighted by Gasteiger charge is 2.25. The van der Waals surface area contributed by atoms with Crippen molar-refractivity contribution in [3.63, 3.8) is 0 Å². The third kappa shape index (κ3) is 38.6. The number of rotatable bonds is 18. The number of aldehydes is 3. The molecule has 0 radical (unpaired) electrons. The molecule has 0 aromatic heterocycles. The Kier molecular flexibility index (Phi) is 48.8. The summed E-state index contributed by atoms with van der Waals surface area (Å²) in [6.45, 7) is 17.0. The predicted molar refractivity (Wildman–Crippen MR) is 219 cm³/mol. The summed E-state index contributed by atoms with van der Waals surface area (Å²) in [5.74, 6) is -1.17. The van der Waals surface area contributed by atoms with Crippen molar-refractivity contribution in [2.75, 3.05) is 52.7 Å². The maximum absolute atomic E-state index is 11.4. The monoisotopic (exact) mass is 782 g/mol. The largest absolute Gasteiger partial charge is 0.388 e. The highest BCUT2D eigenvalue weighted by molar-refractivity contribution is 6.14. The van der Waals surface area contributed by atoms with Crippen LogP contribution in [0.1, 0.15) is 93.1 Å². The van der Waals surface area contributed by atoms with Gasteiger partial charge in [-0.2, -0.15) is 0 Å². The van der Waals surface area contributed by atoms with Gasteiger partial charge in [-0.3, -0.25) is 24.1 Å². The van der Waals surface area contributed by atoms with Gasteiger partial charge >= 0.3 is 6.03 Å². The van der Waals surface area contributed by atoms with Crippen molar-refractivity contribution in [3.8, 4) is 0 Å². The van der Waals surface area contributed by atoms with Gasteiger partial charge in [-0.25, -0.2) is 4.79 Å². The molecule has 0 saturated heterocycles. The summed E-state index contributed by atoms with van der Waals surface area (Å²) >= 11 is 0. The number of benzene rings is 1. The summed E-state index contributed by atoms with van der Waals surface area (Å²) < 4.78 is 4.98. The van der Waals surface area contributed by atoms with E-state index in [4.69, 9.17) is 15.3 Å². The number of amides is 6. The van der Waals surface area contributed by atoms with E-state index < -0.39 is 17.8 Å². The van der Waals surface area contributed by atoms with Crippen molar-refractivity contribution < 1.29 is 43.1 Å². The van der Waals surface area contributed by atoms with Crippen LogP contribution in [-0.2, 0) is 44.9 Å². The average molecular weight is 782 g/mol. The highest BCUT2D eigenvalue weighted by atomic mass is 16.5. The highest BCUT2D eigenvalue weighted by Crippen LogP contribution is 2.08. The molecule has 7 N–H and O–H groups in total. The van der Waals surface area contributed by atoms with Gasteiger partial charge in [0.1, 0.15) is 25.4 Å². The van der Waals surface area contributed by atoms with Gasteiger partial charge in [-0.05, 0) is 56.8 Å². The minimum absolute atomic E-state index is 0.0870. The first kappa shape index (κ1) is 59.3. The Morgan fingerprint density at radius 3 is 1.76 bits per heavy atom. The molecular formula is C39H71N7O9. The van der Waals surface area contributed by atoms with E-state index in [0.717, 1.165) is 61.0 Å². The zero-order chi connectivity index (χ0) is 43.5. The fraction of sp³-hybridized carbons (Fsp3) is 0.590. The molecule has 16 heteroatoms. The lowest BCUT2D eigenvalue weighted by Gasteiger charge is -2.18. The number of methoxy groups -OCH3 is 1. The number of unbranched alkanes of at least 4 members (excludes halogenated alkanes) is 3. The number of nitrogens with two attached hydrogens (primary N) is 1. The number of nitrogens with one attached hydrogen (secondary N) is 5. The van der Waals surface area contributed by atoms with Gasteiger partial charge in [0.25, 0.3) is 11.8 Å². The summed E-state index contributed by atoms with van der Waals surface area (Å²) in [5, 5.41) is 13.5. The van der Waals surface area contributed by atoms with E-state index >= 15 is 0 Å². The van der Waals surface area contributed by atoms with E-state index in [1.807, 2.05) is 67.6 Å². The number of hydrogen-bond acceptors (Lipinski definition) is 11. The molecule has 316 valence electrons.